The summed E-state index contributed by atoms with van der Waals surface area (Å²) in [5.74, 6) is 1.69. The SMILES string of the molecule is CCC1CCC(CNS(=O)(=O)CCC2CCCCN2)CC1. The molecule has 0 aromatic carbocycles. The highest BCUT2D eigenvalue weighted by Crippen LogP contribution is 2.30. The van der Waals surface area contributed by atoms with Crippen LogP contribution in [0.3, 0.4) is 0 Å². The molecule has 1 atom stereocenters. The zero-order valence-electron chi connectivity index (χ0n) is 13.4. The van der Waals surface area contributed by atoms with Crippen LogP contribution in [-0.4, -0.2) is 33.3 Å². The van der Waals surface area contributed by atoms with E-state index in [1.165, 1.54) is 44.9 Å². The van der Waals surface area contributed by atoms with Crippen LogP contribution in [-0.2, 0) is 10.0 Å². The molecule has 5 heteroatoms. The fraction of sp³-hybridized carbons (Fsp3) is 1.00. The lowest BCUT2D eigenvalue weighted by Crippen LogP contribution is -2.38. The highest BCUT2D eigenvalue weighted by atomic mass is 32.2. The van der Waals surface area contributed by atoms with Gasteiger partial charge in [0, 0.05) is 12.6 Å². The van der Waals surface area contributed by atoms with Crippen molar-refractivity contribution in [1.29, 1.82) is 0 Å². The number of hydrogen-bond acceptors (Lipinski definition) is 3. The van der Waals surface area contributed by atoms with Crippen molar-refractivity contribution < 1.29 is 8.42 Å². The van der Waals surface area contributed by atoms with Gasteiger partial charge in [-0.3, -0.25) is 0 Å². The Morgan fingerprint density at radius 2 is 1.76 bits per heavy atom. The predicted octanol–water partition coefficient (Wildman–Crippen LogP) is 2.65. The minimum absolute atomic E-state index is 0.273. The molecule has 2 aliphatic rings. The van der Waals surface area contributed by atoms with Crippen LogP contribution >= 0.6 is 0 Å². The molecule has 1 aliphatic heterocycles. The van der Waals surface area contributed by atoms with Crippen LogP contribution in [0.15, 0.2) is 0 Å². The fourth-order valence-corrected chi connectivity index (χ4v) is 4.86. The maximum atomic E-state index is 12.1. The molecule has 124 valence electrons. The number of sulfonamides is 1. The van der Waals surface area contributed by atoms with Gasteiger partial charge in [0.2, 0.25) is 10.0 Å². The molecule has 0 radical (unpaired) electrons. The first-order valence-electron chi connectivity index (χ1n) is 8.80. The average molecular weight is 317 g/mol. The van der Waals surface area contributed by atoms with Crippen LogP contribution in [0.4, 0.5) is 0 Å². The maximum absolute atomic E-state index is 12.1. The molecule has 0 aromatic heterocycles. The van der Waals surface area contributed by atoms with Gasteiger partial charge in [0.05, 0.1) is 5.75 Å². The Morgan fingerprint density at radius 1 is 1.05 bits per heavy atom. The third-order valence-corrected chi connectivity index (χ3v) is 6.66. The smallest absolute Gasteiger partial charge is 0.211 e. The summed E-state index contributed by atoms with van der Waals surface area (Å²) in [6.07, 6.45) is 10.5. The van der Waals surface area contributed by atoms with Gasteiger partial charge in [0.15, 0.2) is 0 Å². The fourth-order valence-electron chi connectivity index (χ4n) is 3.63. The monoisotopic (exact) mass is 316 g/mol. The molecule has 1 saturated carbocycles. The predicted molar refractivity (Wildman–Crippen MR) is 87.8 cm³/mol. The summed E-state index contributed by atoms with van der Waals surface area (Å²) in [5, 5.41) is 3.42. The largest absolute Gasteiger partial charge is 0.314 e. The van der Waals surface area contributed by atoms with Crippen LogP contribution in [0.1, 0.15) is 64.7 Å². The van der Waals surface area contributed by atoms with E-state index in [0.29, 0.717) is 18.5 Å². The van der Waals surface area contributed by atoms with E-state index in [1.54, 1.807) is 0 Å². The Kier molecular flexibility index (Phi) is 6.96. The van der Waals surface area contributed by atoms with Crippen molar-refractivity contribution >= 4 is 10.0 Å². The molecule has 0 amide bonds. The Labute approximate surface area is 130 Å². The summed E-state index contributed by atoms with van der Waals surface area (Å²) in [7, 11) is -3.09. The van der Waals surface area contributed by atoms with Crippen molar-refractivity contribution in [3.05, 3.63) is 0 Å². The van der Waals surface area contributed by atoms with Gasteiger partial charge in [-0.05, 0) is 50.5 Å². The number of rotatable bonds is 7. The molecular formula is C16H32N2O2S. The van der Waals surface area contributed by atoms with E-state index in [-0.39, 0.29) is 5.75 Å². The number of piperidine rings is 1. The van der Waals surface area contributed by atoms with Crippen molar-refractivity contribution in [3.8, 4) is 0 Å². The Morgan fingerprint density at radius 3 is 2.38 bits per heavy atom. The first-order chi connectivity index (χ1) is 10.1. The molecule has 2 fully saturated rings. The Hall–Kier alpha value is -0.130. The van der Waals surface area contributed by atoms with Crippen molar-refractivity contribution in [1.82, 2.24) is 10.0 Å². The number of nitrogens with one attached hydrogen (secondary N) is 2. The van der Waals surface area contributed by atoms with Gasteiger partial charge in [-0.1, -0.05) is 32.6 Å². The Bertz CT molecular complexity index is 383. The maximum Gasteiger partial charge on any atom is 0.211 e. The van der Waals surface area contributed by atoms with E-state index in [9.17, 15) is 8.42 Å². The molecule has 1 unspecified atom stereocenters. The highest BCUT2D eigenvalue weighted by Gasteiger charge is 2.22. The molecule has 0 spiro atoms. The van der Waals surface area contributed by atoms with Gasteiger partial charge in [-0.15, -0.1) is 0 Å². The van der Waals surface area contributed by atoms with Crippen molar-refractivity contribution in [2.75, 3.05) is 18.8 Å². The Balaban J connectivity index is 1.64. The normalized spacial score (nSPS) is 31.2. The summed E-state index contributed by atoms with van der Waals surface area (Å²) < 4.78 is 27.0. The van der Waals surface area contributed by atoms with E-state index in [0.717, 1.165) is 25.3 Å². The van der Waals surface area contributed by atoms with E-state index in [1.807, 2.05) is 0 Å². The molecular weight excluding hydrogens is 284 g/mol. The molecule has 1 heterocycles. The zero-order valence-corrected chi connectivity index (χ0v) is 14.3. The van der Waals surface area contributed by atoms with Gasteiger partial charge in [-0.25, -0.2) is 13.1 Å². The molecule has 4 nitrogen and oxygen atoms in total. The molecule has 0 aromatic rings. The van der Waals surface area contributed by atoms with Crippen LogP contribution in [0.5, 0.6) is 0 Å². The van der Waals surface area contributed by atoms with E-state index in [2.05, 4.69) is 17.0 Å². The summed E-state index contributed by atoms with van der Waals surface area (Å²) in [4.78, 5) is 0. The van der Waals surface area contributed by atoms with Gasteiger partial charge < -0.3 is 5.32 Å². The van der Waals surface area contributed by atoms with E-state index >= 15 is 0 Å². The summed E-state index contributed by atoms with van der Waals surface area (Å²) in [6, 6.07) is 0.398. The second-order valence-electron chi connectivity index (χ2n) is 6.90. The van der Waals surface area contributed by atoms with Crippen LogP contribution in [0, 0.1) is 11.8 Å². The third-order valence-electron chi connectivity index (χ3n) is 5.28. The third kappa shape index (κ3) is 6.25. The quantitative estimate of drug-likeness (QED) is 0.759. The van der Waals surface area contributed by atoms with Crippen molar-refractivity contribution in [2.45, 2.75) is 70.8 Å². The standard InChI is InChI=1S/C16H32N2O2S/c1-2-14-6-8-15(9-7-14)13-18-21(19,20)12-10-16-5-3-4-11-17-16/h14-18H,2-13H2,1H3. The van der Waals surface area contributed by atoms with Gasteiger partial charge in [-0.2, -0.15) is 0 Å². The van der Waals surface area contributed by atoms with Crippen LogP contribution in [0.25, 0.3) is 0 Å². The molecule has 21 heavy (non-hydrogen) atoms. The number of hydrogen-bond donors (Lipinski definition) is 2. The average Bonchev–Trinajstić information content (AvgIpc) is 2.53. The van der Waals surface area contributed by atoms with Crippen LogP contribution < -0.4 is 10.0 Å². The topological polar surface area (TPSA) is 58.2 Å². The summed E-state index contributed by atoms with van der Waals surface area (Å²) in [5.41, 5.74) is 0. The highest BCUT2D eigenvalue weighted by molar-refractivity contribution is 7.89. The first kappa shape index (κ1) is 17.2. The van der Waals surface area contributed by atoms with E-state index < -0.39 is 10.0 Å². The molecule has 2 N–H and O–H groups in total. The lowest BCUT2D eigenvalue weighted by molar-refractivity contribution is 0.270. The molecule has 2 rings (SSSR count). The minimum atomic E-state index is -3.09. The lowest BCUT2D eigenvalue weighted by Gasteiger charge is -2.28. The zero-order chi connectivity index (χ0) is 15.1. The minimum Gasteiger partial charge on any atom is -0.314 e. The van der Waals surface area contributed by atoms with Crippen LogP contribution in [0.2, 0.25) is 0 Å². The second-order valence-corrected chi connectivity index (χ2v) is 8.82. The first-order valence-corrected chi connectivity index (χ1v) is 10.4. The lowest BCUT2D eigenvalue weighted by atomic mass is 9.81. The van der Waals surface area contributed by atoms with Gasteiger partial charge >= 0.3 is 0 Å². The summed E-state index contributed by atoms with van der Waals surface area (Å²) >= 11 is 0. The molecule has 1 saturated heterocycles. The van der Waals surface area contributed by atoms with Crippen molar-refractivity contribution in [2.24, 2.45) is 11.8 Å². The second kappa shape index (κ2) is 8.49. The van der Waals surface area contributed by atoms with Crippen molar-refractivity contribution in [3.63, 3.8) is 0 Å². The van der Waals surface area contributed by atoms with Gasteiger partial charge in [0.1, 0.15) is 0 Å². The molecule has 1 aliphatic carbocycles. The summed E-state index contributed by atoms with van der Waals surface area (Å²) in [6.45, 7) is 3.95. The molecule has 0 bridgehead atoms. The van der Waals surface area contributed by atoms with Gasteiger partial charge in [0.25, 0.3) is 0 Å². The van der Waals surface area contributed by atoms with E-state index in [4.69, 9.17) is 0 Å².